The number of benzene rings is 1. The molecule has 1 aliphatic rings. The first-order valence-electron chi connectivity index (χ1n) is 10.2. The molecular weight excluding hydrogens is 488 g/mol. The largest absolute Gasteiger partial charge is 0.436 e. The summed E-state index contributed by atoms with van der Waals surface area (Å²) in [5.74, 6) is -0.838. The highest BCUT2D eigenvalue weighted by molar-refractivity contribution is 6.32. The molecule has 0 saturated heterocycles. The first-order valence-corrected chi connectivity index (χ1v) is 10.6. The van der Waals surface area contributed by atoms with Crippen LogP contribution < -0.4 is 5.32 Å². The molecule has 1 atom stereocenters. The molecule has 1 fully saturated rings. The summed E-state index contributed by atoms with van der Waals surface area (Å²) in [5, 5.41) is 9.66. The van der Waals surface area contributed by atoms with E-state index in [9.17, 15) is 31.1 Å². The molecule has 0 aliphatic heterocycles. The first kappa shape index (κ1) is 24.1. The van der Waals surface area contributed by atoms with Gasteiger partial charge in [0.05, 0.1) is 34.7 Å². The number of alkyl halides is 6. The van der Waals surface area contributed by atoms with Crippen LogP contribution in [0.4, 0.5) is 32.0 Å². The van der Waals surface area contributed by atoms with Gasteiger partial charge in [-0.1, -0.05) is 23.7 Å². The highest BCUT2D eigenvalue weighted by Crippen LogP contribution is 2.47. The molecule has 1 unspecified atom stereocenters. The molecule has 2 heterocycles. The van der Waals surface area contributed by atoms with E-state index in [2.05, 4.69) is 15.5 Å². The molecule has 6 nitrogen and oxygen atoms in total. The predicted octanol–water partition coefficient (Wildman–Crippen LogP) is 5.90. The van der Waals surface area contributed by atoms with Crippen molar-refractivity contribution in [3.63, 3.8) is 0 Å². The van der Waals surface area contributed by atoms with E-state index in [-0.39, 0.29) is 23.8 Å². The average Bonchev–Trinajstić information content (AvgIpc) is 3.38. The molecule has 0 spiro atoms. The molecule has 4 rings (SSSR count). The minimum absolute atomic E-state index is 0.0187. The maximum absolute atomic E-state index is 13.3. The standard InChI is InChI=1S/C21H18ClF6N5O/c1-11(33-17(13-5-6-13)16(22)18(31-33)21(26,27)28)19(34)30-15-8-29-32(10-15)9-12-3-2-4-14(7-12)20(23,24)25/h2-4,7-8,10-11,13H,5-6,9H2,1H3,(H,30,34). The van der Waals surface area contributed by atoms with Gasteiger partial charge in [0.25, 0.3) is 0 Å². The summed E-state index contributed by atoms with van der Waals surface area (Å²) in [6.45, 7) is 1.42. The van der Waals surface area contributed by atoms with E-state index in [1.54, 1.807) is 0 Å². The minimum Gasteiger partial charge on any atom is -0.322 e. The van der Waals surface area contributed by atoms with Crippen LogP contribution >= 0.6 is 11.6 Å². The quantitative estimate of drug-likeness (QED) is 0.424. The summed E-state index contributed by atoms with van der Waals surface area (Å²) in [6.07, 6.45) is -5.23. The van der Waals surface area contributed by atoms with Crippen molar-refractivity contribution in [3.8, 4) is 0 Å². The summed E-state index contributed by atoms with van der Waals surface area (Å²) in [7, 11) is 0. The van der Waals surface area contributed by atoms with Gasteiger partial charge >= 0.3 is 12.4 Å². The lowest BCUT2D eigenvalue weighted by atomic mass is 10.1. The Morgan fingerprint density at radius 1 is 1.21 bits per heavy atom. The van der Waals surface area contributed by atoms with Crippen LogP contribution in [0.2, 0.25) is 5.02 Å². The van der Waals surface area contributed by atoms with Gasteiger partial charge in [0, 0.05) is 12.1 Å². The van der Waals surface area contributed by atoms with Crippen LogP contribution in [0.5, 0.6) is 0 Å². The fourth-order valence-corrected chi connectivity index (χ4v) is 3.92. The highest BCUT2D eigenvalue weighted by atomic mass is 35.5. The lowest BCUT2D eigenvalue weighted by Crippen LogP contribution is -2.26. The van der Waals surface area contributed by atoms with Crippen molar-refractivity contribution in [2.24, 2.45) is 0 Å². The van der Waals surface area contributed by atoms with Gasteiger partial charge < -0.3 is 5.32 Å². The van der Waals surface area contributed by atoms with Crippen LogP contribution in [0.15, 0.2) is 36.7 Å². The van der Waals surface area contributed by atoms with Crippen molar-refractivity contribution < 1.29 is 31.1 Å². The van der Waals surface area contributed by atoms with E-state index in [4.69, 9.17) is 11.6 Å². The number of carbonyl (C=O) groups is 1. The number of anilines is 1. The molecule has 34 heavy (non-hydrogen) atoms. The van der Waals surface area contributed by atoms with Gasteiger partial charge in [-0.15, -0.1) is 0 Å². The van der Waals surface area contributed by atoms with E-state index >= 15 is 0 Å². The smallest absolute Gasteiger partial charge is 0.322 e. The third kappa shape index (κ3) is 5.06. The lowest BCUT2D eigenvalue weighted by Gasteiger charge is -2.15. The van der Waals surface area contributed by atoms with Crippen LogP contribution in [0.25, 0.3) is 0 Å². The van der Waals surface area contributed by atoms with Crippen LogP contribution in [0.3, 0.4) is 0 Å². The summed E-state index contributed by atoms with van der Waals surface area (Å²) in [5.41, 5.74) is -1.27. The number of hydrogen-bond donors (Lipinski definition) is 1. The molecule has 1 aliphatic carbocycles. The first-order chi connectivity index (χ1) is 15.8. The number of hydrogen-bond acceptors (Lipinski definition) is 3. The Kier molecular flexibility index (Phi) is 6.13. The zero-order valence-electron chi connectivity index (χ0n) is 17.6. The van der Waals surface area contributed by atoms with E-state index in [1.165, 1.54) is 36.1 Å². The molecule has 1 aromatic carbocycles. The van der Waals surface area contributed by atoms with Gasteiger partial charge in [0.2, 0.25) is 5.91 Å². The van der Waals surface area contributed by atoms with Crippen molar-refractivity contribution in [2.75, 3.05) is 5.32 Å². The van der Waals surface area contributed by atoms with Crippen LogP contribution in [0, 0.1) is 0 Å². The Hall–Kier alpha value is -3.02. The van der Waals surface area contributed by atoms with Gasteiger partial charge in [-0.3, -0.25) is 14.2 Å². The Morgan fingerprint density at radius 3 is 2.53 bits per heavy atom. The van der Waals surface area contributed by atoms with Crippen LogP contribution in [-0.4, -0.2) is 25.5 Å². The minimum atomic E-state index is -4.76. The topological polar surface area (TPSA) is 64.7 Å². The second kappa shape index (κ2) is 8.64. The summed E-state index contributed by atoms with van der Waals surface area (Å²) < 4.78 is 80.8. The van der Waals surface area contributed by atoms with Gasteiger partial charge in [-0.25, -0.2) is 0 Å². The predicted molar refractivity (Wildman–Crippen MR) is 110 cm³/mol. The monoisotopic (exact) mass is 505 g/mol. The van der Waals surface area contributed by atoms with E-state index in [0.717, 1.165) is 16.8 Å². The van der Waals surface area contributed by atoms with Crippen molar-refractivity contribution in [3.05, 3.63) is 64.2 Å². The summed E-state index contributed by atoms with van der Waals surface area (Å²) in [4.78, 5) is 12.7. The van der Waals surface area contributed by atoms with E-state index in [1.807, 2.05) is 0 Å². The number of nitrogens with zero attached hydrogens (tertiary/aromatic N) is 4. The molecular formula is C21H18ClF6N5O. The molecule has 1 saturated carbocycles. The highest BCUT2D eigenvalue weighted by Gasteiger charge is 2.43. The molecule has 0 bridgehead atoms. The molecule has 182 valence electrons. The molecule has 3 aromatic rings. The zero-order chi connectivity index (χ0) is 24.8. The maximum Gasteiger partial charge on any atom is 0.436 e. The maximum atomic E-state index is 13.3. The molecule has 0 radical (unpaired) electrons. The van der Waals surface area contributed by atoms with Crippen molar-refractivity contribution in [1.82, 2.24) is 19.6 Å². The normalized spacial score (nSPS) is 15.4. The molecule has 13 heteroatoms. The Balaban J connectivity index is 1.48. The molecule has 1 amide bonds. The van der Waals surface area contributed by atoms with Gasteiger partial charge in [-0.05, 0) is 37.5 Å². The summed E-state index contributed by atoms with van der Waals surface area (Å²) in [6, 6.07) is 3.66. The SMILES string of the molecule is CC(C(=O)Nc1cnn(Cc2cccc(C(F)(F)F)c2)c1)n1nc(C(F)(F)F)c(Cl)c1C1CC1. The van der Waals surface area contributed by atoms with Gasteiger partial charge in [0.1, 0.15) is 6.04 Å². The second-order valence-electron chi connectivity index (χ2n) is 8.05. The van der Waals surface area contributed by atoms with Crippen LogP contribution in [-0.2, 0) is 23.7 Å². The van der Waals surface area contributed by atoms with Crippen LogP contribution in [0.1, 0.15) is 54.2 Å². The zero-order valence-corrected chi connectivity index (χ0v) is 18.3. The number of amides is 1. The Morgan fingerprint density at radius 2 is 1.91 bits per heavy atom. The molecule has 1 N–H and O–H groups in total. The third-order valence-corrected chi connectivity index (χ3v) is 5.74. The van der Waals surface area contributed by atoms with Crippen molar-refractivity contribution >= 4 is 23.2 Å². The Labute approximate surface area is 194 Å². The summed E-state index contributed by atoms with van der Waals surface area (Å²) >= 11 is 5.96. The Bertz CT molecular complexity index is 1210. The molecule has 2 aromatic heterocycles. The number of halogens is 7. The number of aromatic nitrogens is 4. The fraction of sp³-hybridized carbons (Fsp3) is 0.381. The van der Waals surface area contributed by atoms with E-state index < -0.39 is 40.6 Å². The third-order valence-electron chi connectivity index (χ3n) is 5.37. The second-order valence-corrected chi connectivity index (χ2v) is 8.43. The van der Waals surface area contributed by atoms with Crippen molar-refractivity contribution in [2.45, 2.75) is 50.6 Å². The van der Waals surface area contributed by atoms with Gasteiger partial charge in [0.15, 0.2) is 5.69 Å². The van der Waals surface area contributed by atoms with E-state index in [0.29, 0.717) is 18.4 Å². The number of nitrogens with one attached hydrogen (secondary N) is 1. The average molecular weight is 506 g/mol. The fourth-order valence-electron chi connectivity index (χ4n) is 3.53. The number of carbonyl (C=O) groups excluding carboxylic acids is 1. The van der Waals surface area contributed by atoms with Crippen molar-refractivity contribution in [1.29, 1.82) is 0 Å². The number of rotatable bonds is 6. The lowest BCUT2D eigenvalue weighted by molar-refractivity contribution is -0.141. The van der Waals surface area contributed by atoms with Gasteiger partial charge in [-0.2, -0.15) is 36.5 Å².